The summed E-state index contributed by atoms with van der Waals surface area (Å²) in [5.74, 6) is 1.17. The van der Waals surface area contributed by atoms with Gasteiger partial charge in [-0.2, -0.15) is 5.10 Å². The van der Waals surface area contributed by atoms with Crippen molar-refractivity contribution in [2.75, 3.05) is 0 Å². The van der Waals surface area contributed by atoms with Gasteiger partial charge in [0.25, 0.3) is 0 Å². The Bertz CT molecular complexity index is 506. The third-order valence-corrected chi connectivity index (χ3v) is 3.21. The number of aliphatic hydroxyl groups is 1. The first kappa shape index (κ1) is 13.0. The largest absolute Gasteiger partial charge is 0.388 e. The van der Waals surface area contributed by atoms with Crippen molar-refractivity contribution in [1.82, 2.24) is 14.6 Å². The van der Waals surface area contributed by atoms with Gasteiger partial charge in [0, 0.05) is 18.0 Å². The van der Waals surface area contributed by atoms with Crippen molar-refractivity contribution in [2.45, 2.75) is 39.7 Å². The molecule has 0 amide bonds. The molecule has 0 aliphatic carbocycles. The smallest absolute Gasteiger partial charge is 0.0902 e. The Morgan fingerprint density at radius 3 is 2.72 bits per heavy atom. The summed E-state index contributed by atoms with van der Waals surface area (Å²) in [4.78, 5) is 4.08. The lowest BCUT2D eigenvalue weighted by Crippen LogP contribution is -2.07. The first-order valence-corrected chi connectivity index (χ1v) is 6.53. The normalized spacial score (nSPS) is 15.2. The van der Waals surface area contributed by atoms with Gasteiger partial charge in [-0.25, -0.2) is 4.52 Å². The highest BCUT2D eigenvalue weighted by Gasteiger charge is 2.17. The van der Waals surface area contributed by atoms with E-state index < -0.39 is 6.10 Å². The summed E-state index contributed by atoms with van der Waals surface area (Å²) in [5.41, 5.74) is 1.76. The molecule has 2 aromatic heterocycles. The van der Waals surface area contributed by atoms with Crippen LogP contribution in [0.2, 0.25) is 0 Å². The van der Waals surface area contributed by atoms with Crippen LogP contribution in [0.3, 0.4) is 0 Å². The minimum Gasteiger partial charge on any atom is -0.388 e. The van der Waals surface area contributed by atoms with Crippen molar-refractivity contribution >= 4 is 5.52 Å². The van der Waals surface area contributed by atoms with Gasteiger partial charge in [-0.3, -0.25) is 4.98 Å². The van der Waals surface area contributed by atoms with Crippen LogP contribution in [0, 0.1) is 11.8 Å². The van der Waals surface area contributed by atoms with Crippen LogP contribution < -0.4 is 0 Å². The third kappa shape index (κ3) is 2.88. The molecule has 2 aromatic rings. The zero-order valence-electron chi connectivity index (χ0n) is 11.2. The molecule has 0 aromatic carbocycles. The summed E-state index contributed by atoms with van der Waals surface area (Å²) in [7, 11) is 0. The molecule has 18 heavy (non-hydrogen) atoms. The first-order chi connectivity index (χ1) is 8.58. The highest BCUT2D eigenvalue weighted by atomic mass is 16.3. The van der Waals surface area contributed by atoms with Crippen molar-refractivity contribution in [1.29, 1.82) is 0 Å². The van der Waals surface area contributed by atoms with Crippen LogP contribution in [0.15, 0.2) is 24.8 Å². The molecule has 0 aliphatic heterocycles. The summed E-state index contributed by atoms with van der Waals surface area (Å²) in [6.07, 6.45) is 8.42. The Morgan fingerprint density at radius 2 is 2.00 bits per heavy atom. The predicted octanol–water partition coefficient (Wildman–Crippen LogP) is 2.84. The summed E-state index contributed by atoms with van der Waals surface area (Å²) < 4.78 is 1.75. The van der Waals surface area contributed by atoms with E-state index in [2.05, 4.69) is 30.9 Å². The quantitative estimate of drug-likeness (QED) is 0.884. The van der Waals surface area contributed by atoms with Crippen molar-refractivity contribution in [3.05, 3.63) is 30.4 Å². The number of aromatic nitrogens is 3. The van der Waals surface area contributed by atoms with Gasteiger partial charge in [0.1, 0.15) is 0 Å². The molecule has 2 heterocycles. The van der Waals surface area contributed by atoms with Crippen LogP contribution in [0.4, 0.5) is 0 Å². The van der Waals surface area contributed by atoms with Gasteiger partial charge in [-0.05, 0) is 24.7 Å². The van der Waals surface area contributed by atoms with Crippen molar-refractivity contribution in [2.24, 2.45) is 11.8 Å². The number of hydrogen-bond donors (Lipinski definition) is 1. The minimum atomic E-state index is -0.458. The molecular formula is C14H21N3O. The second-order valence-corrected chi connectivity index (χ2v) is 5.49. The zero-order valence-corrected chi connectivity index (χ0v) is 11.2. The first-order valence-electron chi connectivity index (χ1n) is 6.53. The summed E-state index contributed by atoms with van der Waals surface area (Å²) in [6, 6.07) is 0. The fourth-order valence-electron chi connectivity index (χ4n) is 2.52. The number of aliphatic hydroxyl groups excluding tert-OH is 1. The van der Waals surface area contributed by atoms with Gasteiger partial charge >= 0.3 is 0 Å². The Labute approximate surface area is 108 Å². The standard InChI is InChI=1S/C14H21N3O/c1-10(2)6-11(3)7-14(18)12-8-16-17-5-4-15-9-13(12)17/h4-5,8-11,14,18H,6-7H2,1-3H3. The molecule has 0 aliphatic rings. The predicted molar refractivity (Wildman–Crippen MR) is 71.2 cm³/mol. The van der Waals surface area contributed by atoms with Gasteiger partial charge in [0.05, 0.1) is 24.0 Å². The number of hydrogen-bond acceptors (Lipinski definition) is 3. The zero-order chi connectivity index (χ0) is 13.1. The lowest BCUT2D eigenvalue weighted by Gasteiger charge is -2.17. The molecular weight excluding hydrogens is 226 g/mol. The third-order valence-electron chi connectivity index (χ3n) is 3.21. The lowest BCUT2D eigenvalue weighted by molar-refractivity contribution is 0.143. The highest BCUT2D eigenvalue weighted by Crippen LogP contribution is 2.27. The highest BCUT2D eigenvalue weighted by molar-refractivity contribution is 5.52. The molecule has 0 saturated heterocycles. The summed E-state index contributed by atoms with van der Waals surface area (Å²) >= 11 is 0. The van der Waals surface area contributed by atoms with E-state index in [1.54, 1.807) is 29.3 Å². The molecule has 0 radical (unpaired) electrons. The molecule has 0 spiro atoms. The van der Waals surface area contributed by atoms with Gasteiger partial charge in [-0.15, -0.1) is 0 Å². The maximum atomic E-state index is 10.3. The van der Waals surface area contributed by atoms with Crippen LogP contribution in [-0.2, 0) is 0 Å². The van der Waals surface area contributed by atoms with Gasteiger partial charge in [0.15, 0.2) is 0 Å². The lowest BCUT2D eigenvalue weighted by atomic mass is 9.92. The second kappa shape index (κ2) is 5.48. The fraction of sp³-hybridized carbons (Fsp3) is 0.571. The van der Waals surface area contributed by atoms with E-state index in [1.807, 2.05) is 0 Å². The van der Waals surface area contributed by atoms with E-state index in [0.29, 0.717) is 11.8 Å². The molecule has 2 rings (SSSR count). The minimum absolute atomic E-state index is 0.458. The maximum absolute atomic E-state index is 10.3. The summed E-state index contributed by atoms with van der Waals surface area (Å²) in [5, 5.41) is 14.5. The number of fused-ring (bicyclic) bond motifs is 1. The molecule has 2 unspecified atom stereocenters. The van der Waals surface area contributed by atoms with Crippen LogP contribution in [0.5, 0.6) is 0 Å². The van der Waals surface area contributed by atoms with Gasteiger partial charge in [0.2, 0.25) is 0 Å². The molecule has 2 atom stereocenters. The molecule has 4 nitrogen and oxygen atoms in total. The maximum Gasteiger partial charge on any atom is 0.0902 e. The van der Waals surface area contributed by atoms with Gasteiger partial charge in [-0.1, -0.05) is 20.8 Å². The average Bonchev–Trinajstić information content (AvgIpc) is 2.71. The van der Waals surface area contributed by atoms with E-state index in [0.717, 1.165) is 23.9 Å². The average molecular weight is 247 g/mol. The Hall–Kier alpha value is -1.42. The number of nitrogens with zero attached hydrogens (tertiary/aromatic N) is 3. The van der Waals surface area contributed by atoms with E-state index in [4.69, 9.17) is 0 Å². The Kier molecular flexibility index (Phi) is 3.97. The molecule has 0 saturated carbocycles. The topological polar surface area (TPSA) is 50.4 Å². The molecule has 4 heteroatoms. The van der Waals surface area contributed by atoms with Crippen LogP contribution in [-0.4, -0.2) is 19.7 Å². The van der Waals surface area contributed by atoms with Crippen molar-refractivity contribution in [3.8, 4) is 0 Å². The van der Waals surface area contributed by atoms with Crippen LogP contribution in [0.25, 0.3) is 5.52 Å². The van der Waals surface area contributed by atoms with E-state index >= 15 is 0 Å². The molecule has 0 bridgehead atoms. The molecule has 0 fully saturated rings. The second-order valence-electron chi connectivity index (χ2n) is 5.49. The Morgan fingerprint density at radius 1 is 1.22 bits per heavy atom. The van der Waals surface area contributed by atoms with E-state index in [-0.39, 0.29) is 0 Å². The van der Waals surface area contributed by atoms with E-state index in [1.165, 1.54) is 0 Å². The van der Waals surface area contributed by atoms with Crippen molar-refractivity contribution in [3.63, 3.8) is 0 Å². The van der Waals surface area contributed by atoms with Crippen molar-refractivity contribution < 1.29 is 5.11 Å². The van der Waals surface area contributed by atoms with Crippen LogP contribution in [0.1, 0.15) is 45.3 Å². The fourth-order valence-corrected chi connectivity index (χ4v) is 2.52. The molecule has 98 valence electrons. The Balaban J connectivity index is 2.11. The van der Waals surface area contributed by atoms with E-state index in [9.17, 15) is 5.11 Å². The van der Waals surface area contributed by atoms with Gasteiger partial charge < -0.3 is 5.11 Å². The monoisotopic (exact) mass is 247 g/mol. The molecule has 1 N–H and O–H groups in total. The summed E-state index contributed by atoms with van der Waals surface area (Å²) in [6.45, 7) is 6.61. The van der Waals surface area contributed by atoms with Crippen LogP contribution >= 0.6 is 0 Å². The SMILES string of the molecule is CC(C)CC(C)CC(O)c1cnn2ccncc12. The number of rotatable bonds is 5.